The smallest absolute Gasteiger partial charge is 0.251 e. The number of thioether (sulfide) groups is 1. The second-order valence-corrected chi connectivity index (χ2v) is 6.82. The van der Waals surface area contributed by atoms with Crippen LogP contribution < -0.4 is 10.9 Å². The Morgan fingerprint density at radius 1 is 1.12 bits per heavy atom. The fourth-order valence-electron chi connectivity index (χ4n) is 2.44. The van der Waals surface area contributed by atoms with Gasteiger partial charge in [0.25, 0.3) is 5.56 Å². The molecule has 0 spiro atoms. The van der Waals surface area contributed by atoms with E-state index in [1.54, 1.807) is 0 Å². The van der Waals surface area contributed by atoms with Crippen LogP contribution in [0.4, 0.5) is 5.69 Å². The van der Waals surface area contributed by atoms with Crippen LogP contribution in [-0.4, -0.2) is 15.9 Å². The molecule has 0 fully saturated rings. The number of anilines is 1. The SMILES string of the molecule is Cc1ccccc1NC(=O)Cc1cc(=O)[nH]c(SCc2ccccc2)n1. The second-order valence-electron chi connectivity index (χ2n) is 5.86. The van der Waals surface area contributed by atoms with Crippen LogP contribution in [0, 0.1) is 6.92 Å². The lowest BCUT2D eigenvalue weighted by Crippen LogP contribution is -2.18. The molecule has 0 radical (unpaired) electrons. The molecular weight excluding hydrogens is 346 g/mol. The Morgan fingerprint density at radius 3 is 2.62 bits per heavy atom. The highest BCUT2D eigenvalue weighted by molar-refractivity contribution is 7.98. The maximum atomic E-state index is 12.3. The van der Waals surface area contributed by atoms with E-state index in [0.29, 0.717) is 16.6 Å². The molecule has 0 atom stereocenters. The zero-order valence-corrected chi connectivity index (χ0v) is 15.2. The van der Waals surface area contributed by atoms with Gasteiger partial charge < -0.3 is 10.3 Å². The summed E-state index contributed by atoms with van der Waals surface area (Å²) < 4.78 is 0. The average Bonchev–Trinajstić information content (AvgIpc) is 2.62. The number of nitrogens with zero attached hydrogens (tertiary/aromatic N) is 1. The fourth-order valence-corrected chi connectivity index (χ4v) is 3.29. The molecule has 2 N–H and O–H groups in total. The number of hydrogen-bond acceptors (Lipinski definition) is 4. The van der Waals surface area contributed by atoms with Crippen LogP contribution in [0.25, 0.3) is 0 Å². The summed E-state index contributed by atoms with van der Waals surface area (Å²) in [5.74, 6) is 0.499. The average molecular weight is 365 g/mol. The van der Waals surface area contributed by atoms with Gasteiger partial charge in [0.05, 0.1) is 12.1 Å². The summed E-state index contributed by atoms with van der Waals surface area (Å²) in [7, 11) is 0. The number of benzene rings is 2. The number of H-pyrrole nitrogens is 1. The zero-order valence-electron chi connectivity index (χ0n) is 14.4. The molecule has 0 aliphatic carbocycles. The minimum Gasteiger partial charge on any atom is -0.326 e. The Kier molecular flexibility index (Phi) is 5.86. The number of hydrogen-bond donors (Lipinski definition) is 2. The van der Waals surface area contributed by atoms with E-state index in [1.807, 2.05) is 61.5 Å². The van der Waals surface area contributed by atoms with Crippen molar-refractivity contribution < 1.29 is 4.79 Å². The Morgan fingerprint density at radius 2 is 1.85 bits per heavy atom. The predicted octanol–water partition coefficient (Wildman–Crippen LogP) is 3.55. The summed E-state index contributed by atoms with van der Waals surface area (Å²) in [6.07, 6.45) is 0.0527. The second kappa shape index (κ2) is 8.49. The normalized spacial score (nSPS) is 10.5. The van der Waals surface area contributed by atoms with Crippen molar-refractivity contribution in [3.63, 3.8) is 0 Å². The van der Waals surface area contributed by atoms with Crippen LogP contribution in [0.1, 0.15) is 16.8 Å². The number of aromatic nitrogens is 2. The summed E-state index contributed by atoms with van der Waals surface area (Å²) in [5.41, 5.74) is 3.09. The molecule has 0 unspecified atom stereocenters. The number of rotatable bonds is 6. The molecule has 1 heterocycles. The molecule has 0 aliphatic heterocycles. The van der Waals surface area contributed by atoms with Gasteiger partial charge in [-0.15, -0.1) is 0 Å². The molecule has 0 aliphatic rings. The number of aromatic amines is 1. The van der Waals surface area contributed by atoms with E-state index in [4.69, 9.17) is 0 Å². The minimum atomic E-state index is -0.255. The number of nitrogens with one attached hydrogen (secondary N) is 2. The molecule has 0 saturated carbocycles. The van der Waals surface area contributed by atoms with Gasteiger partial charge in [-0.2, -0.15) is 0 Å². The van der Waals surface area contributed by atoms with Gasteiger partial charge in [0, 0.05) is 17.5 Å². The molecule has 26 heavy (non-hydrogen) atoms. The summed E-state index contributed by atoms with van der Waals surface area (Å²) in [4.78, 5) is 31.3. The lowest BCUT2D eigenvalue weighted by Gasteiger charge is -2.08. The van der Waals surface area contributed by atoms with E-state index >= 15 is 0 Å². The molecular formula is C20H19N3O2S. The number of carbonyl (C=O) groups excluding carboxylic acids is 1. The van der Waals surface area contributed by atoms with Gasteiger partial charge in [0.2, 0.25) is 5.91 Å². The molecule has 3 aromatic rings. The lowest BCUT2D eigenvalue weighted by molar-refractivity contribution is -0.115. The largest absolute Gasteiger partial charge is 0.326 e. The van der Waals surface area contributed by atoms with E-state index in [1.165, 1.54) is 17.8 Å². The van der Waals surface area contributed by atoms with Crippen molar-refractivity contribution in [3.05, 3.63) is 87.8 Å². The van der Waals surface area contributed by atoms with Crippen LogP contribution in [0.2, 0.25) is 0 Å². The quantitative estimate of drug-likeness (QED) is 0.517. The van der Waals surface area contributed by atoms with Crippen LogP contribution in [0.3, 0.4) is 0 Å². The van der Waals surface area contributed by atoms with Crippen molar-refractivity contribution in [2.75, 3.05) is 5.32 Å². The van der Waals surface area contributed by atoms with Gasteiger partial charge in [0.1, 0.15) is 0 Å². The third-order valence-corrected chi connectivity index (χ3v) is 4.70. The predicted molar refractivity (Wildman–Crippen MR) is 104 cm³/mol. The van der Waals surface area contributed by atoms with Crippen molar-refractivity contribution >= 4 is 23.4 Å². The first-order valence-corrected chi connectivity index (χ1v) is 9.21. The highest BCUT2D eigenvalue weighted by Gasteiger charge is 2.09. The van der Waals surface area contributed by atoms with Gasteiger partial charge in [0.15, 0.2) is 5.16 Å². The van der Waals surface area contributed by atoms with Crippen LogP contribution in [-0.2, 0) is 17.0 Å². The first-order valence-electron chi connectivity index (χ1n) is 8.22. The number of carbonyl (C=O) groups is 1. The van der Waals surface area contributed by atoms with E-state index in [9.17, 15) is 9.59 Å². The molecule has 1 amide bonds. The molecule has 0 saturated heterocycles. The Labute approximate surface area is 155 Å². The van der Waals surface area contributed by atoms with Crippen molar-refractivity contribution in [2.45, 2.75) is 24.3 Å². The Balaban J connectivity index is 1.66. The maximum absolute atomic E-state index is 12.3. The molecule has 2 aromatic carbocycles. The summed E-state index contributed by atoms with van der Waals surface area (Å²) in [6, 6.07) is 18.9. The first-order chi connectivity index (χ1) is 12.6. The monoisotopic (exact) mass is 365 g/mol. The Hall–Kier alpha value is -2.86. The van der Waals surface area contributed by atoms with E-state index in [2.05, 4.69) is 15.3 Å². The van der Waals surface area contributed by atoms with Crippen LogP contribution in [0.5, 0.6) is 0 Å². The van der Waals surface area contributed by atoms with Gasteiger partial charge >= 0.3 is 0 Å². The standard InChI is InChI=1S/C20H19N3O2S/c1-14-7-5-6-10-17(14)22-18(24)11-16-12-19(25)23-20(21-16)26-13-15-8-3-2-4-9-15/h2-10,12H,11,13H2,1H3,(H,22,24)(H,21,23,25). The van der Waals surface area contributed by atoms with Gasteiger partial charge in [-0.1, -0.05) is 60.3 Å². The molecule has 3 rings (SSSR count). The highest BCUT2D eigenvalue weighted by atomic mass is 32.2. The molecule has 1 aromatic heterocycles. The van der Waals surface area contributed by atoms with Gasteiger partial charge in [-0.25, -0.2) is 4.98 Å². The summed E-state index contributed by atoms with van der Waals surface area (Å²) in [5, 5.41) is 3.37. The number of para-hydroxylation sites is 1. The van der Waals surface area contributed by atoms with Gasteiger partial charge in [-0.05, 0) is 24.1 Å². The minimum absolute atomic E-state index is 0.0527. The van der Waals surface area contributed by atoms with Gasteiger partial charge in [-0.3, -0.25) is 9.59 Å². The molecule has 6 heteroatoms. The maximum Gasteiger partial charge on any atom is 0.251 e. The van der Waals surface area contributed by atoms with E-state index in [-0.39, 0.29) is 17.9 Å². The molecule has 5 nitrogen and oxygen atoms in total. The lowest BCUT2D eigenvalue weighted by atomic mass is 10.2. The third kappa shape index (κ3) is 5.07. The highest BCUT2D eigenvalue weighted by Crippen LogP contribution is 2.18. The Bertz CT molecular complexity index is 955. The number of amides is 1. The van der Waals surface area contributed by atoms with Crippen molar-refractivity contribution in [3.8, 4) is 0 Å². The molecule has 132 valence electrons. The van der Waals surface area contributed by atoms with Crippen molar-refractivity contribution in [1.82, 2.24) is 9.97 Å². The van der Waals surface area contributed by atoms with E-state index < -0.39 is 0 Å². The number of aryl methyl sites for hydroxylation is 1. The third-order valence-electron chi connectivity index (χ3n) is 3.75. The zero-order chi connectivity index (χ0) is 18.4. The molecule has 0 bridgehead atoms. The fraction of sp³-hybridized carbons (Fsp3) is 0.150. The topological polar surface area (TPSA) is 74.8 Å². The van der Waals surface area contributed by atoms with Crippen molar-refractivity contribution in [1.29, 1.82) is 0 Å². The van der Waals surface area contributed by atoms with Crippen LogP contribution >= 0.6 is 11.8 Å². The van der Waals surface area contributed by atoms with Crippen LogP contribution in [0.15, 0.2) is 70.6 Å². The van der Waals surface area contributed by atoms with Crippen molar-refractivity contribution in [2.24, 2.45) is 0 Å². The summed E-state index contributed by atoms with van der Waals surface area (Å²) in [6.45, 7) is 1.93. The van der Waals surface area contributed by atoms with E-state index in [0.717, 1.165) is 16.8 Å². The summed E-state index contributed by atoms with van der Waals surface area (Å²) >= 11 is 1.44. The first kappa shape index (κ1) is 17.9.